The van der Waals surface area contributed by atoms with Gasteiger partial charge in [0.25, 0.3) is 0 Å². The lowest BCUT2D eigenvalue weighted by molar-refractivity contribution is -0.142. The molecule has 0 unspecified atom stereocenters. The van der Waals surface area contributed by atoms with Crippen molar-refractivity contribution < 1.29 is 14.7 Å². The van der Waals surface area contributed by atoms with Gasteiger partial charge >= 0.3 is 5.97 Å². The smallest absolute Gasteiger partial charge is 0.310 e. The monoisotopic (exact) mass is 241 g/mol. The van der Waals surface area contributed by atoms with Crippen LogP contribution in [0.1, 0.15) is 53.4 Å². The third-order valence-corrected chi connectivity index (χ3v) is 3.72. The molecule has 0 aromatic heterocycles. The van der Waals surface area contributed by atoms with Crippen molar-refractivity contribution in [2.45, 2.75) is 64.5 Å². The van der Waals surface area contributed by atoms with Crippen molar-refractivity contribution in [3.63, 3.8) is 0 Å². The summed E-state index contributed by atoms with van der Waals surface area (Å²) in [5, 5.41) is 8.63. The molecule has 98 valence electrons. The molecule has 1 N–H and O–H groups in total. The molecule has 4 nitrogen and oxygen atoms in total. The van der Waals surface area contributed by atoms with Crippen molar-refractivity contribution in [3.05, 3.63) is 0 Å². The third kappa shape index (κ3) is 3.53. The molecule has 1 rings (SSSR count). The highest BCUT2D eigenvalue weighted by Crippen LogP contribution is 2.37. The van der Waals surface area contributed by atoms with Gasteiger partial charge in [-0.3, -0.25) is 14.5 Å². The molecule has 0 aliphatic carbocycles. The third-order valence-electron chi connectivity index (χ3n) is 3.72. The zero-order chi connectivity index (χ0) is 13.3. The maximum absolute atomic E-state index is 11.7. The maximum atomic E-state index is 11.7. The van der Waals surface area contributed by atoms with Crippen molar-refractivity contribution in [2.24, 2.45) is 0 Å². The number of piperidine rings is 1. The minimum absolute atomic E-state index is 0.0318. The van der Waals surface area contributed by atoms with Gasteiger partial charge < -0.3 is 5.11 Å². The van der Waals surface area contributed by atoms with Crippen molar-refractivity contribution in [1.29, 1.82) is 0 Å². The van der Waals surface area contributed by atoms with Crippen LogP contribution in [0.2, 0.25) is 0 Å². The molecule has 0 aromatic rings. The van der Waals surface area contributed by atoms with E-state index >= 15 is 0 Å². The van der Waals surface area contributed by atoms with E-state index in [9.17, 15) is 9.59 Å². The summed E-state index contributed by atoms with van der Waals surface area (Å²) in [7, 11) is 0. The van der Waals surface area contributed by atoms with Crippen LogP contribution in [-0.4, -0.2) is 39.4 Å². The first kappa shape index (κ1) is 14.2. The fourth-order valence-corrected chi connectivity index (χ4v) is 2.87. The Hall–Kier alpha value is -0.900. The summed E-state index contributed by atoms with van der Waals surface area (Å²) in [6, 6.07) is 0. The summed E-state index contributed by atoms with van der Waals surface area (Å²) >= 11 is 0. The van der Waals surface area contributed by atoms with Crippen LogP contribution in [0, 0.1) is 0 Å². The molecule has 17 heavy (non-hydrogen) atoms. The second-order valence-electron chi connectivity index (χ2n) is 6.17. The molecule has 1 heterocycles. The molecular formula is C13H23NO3. The van der Waals surface area contributed by atoms with Gasteiger partial charge in [-0.1, -0.05) is 0 Å². The number of aliphatic carboxylic acids is 1. The average Bonchev–Trinajstić information content (AvgIpc) is 2.09. The Bertz CT molecular complexity index is 305. The van der Waals surface area contributed by atoms with Crippen LogP contribution < -0.4 is 0 Å². The summed E-state index contributed by atoms with van der Waals surface area (Å²) in [5.41, 5.74) is -0.0637. The van der Waals surface area contributed by atoms with Gasteiger partial charge in [-0.2, -0.15) is 0 Å². The van der Waals surface area contributed by atoms with Crippen LogP contribution in [-0.2, 0) is 9.59 Å². The molecule has 0 saturated carbocycles. The number of hydrogen-bond acceptors (Lipinski definition) is 3. The first-order chi connectivity index (χ1) is 7.65. The fourth-order valence-electron chi connectivity index (χ4n) is 2.87. The van der Waals surface area contributed by atoms with Gasteiger partial charge in [-0.25, -0.2) is 0 Å². The van der Waals surface area contributed by atoms with E-state index in [1.54, 1.807) is 0 Å². The SMILES string of the molecule is CC1(C)CCCC(C)(C)N1CC(=O)CC(=O)O. The first-order valence-electron chi connectivity index (χ1n) is 6.16. The van der Waals surface area contributed by atoms with Crippen molar-refractivity contribution in [3.8, 4) is 0 Å². The predicted molar refractivity (Wildman–Crippen MR) is 66.0 cm³/mol. The Morgan fingerprint density at radius 3 is 2.00 bits per heavy atom. The highest BCUT2D eigenvalue weighted by Gasteiger charge is 2.41. The molecule has 0 spiro atoms. The largest absolute Gasteiger partial charge is 0.481 e. The predicted octanol–water partition coefficient (Wildman–Crippen LogP) is 2.07. The molecule has 1 saturated heterocycles. The number of carbonyl (C=O) groups is 2. The van der Waals surface area contributed by atoms with Gasteiger partial charge in [0, 0.05) is 11.1 Å². The molecule has 1 fully saturated rings. The normalized spacial score (nSPS) is 23.3. The molecule has 1 aliphatic rings. The fraction of sp³-hybridized carbons (Fsp3) is 0.846. The lowest BCUT2D eigenvalue weighted by Gasteiger charge is -2.52. The highest BCUT2D eigenvalue weighted by molar-refractivity contribution is 5.95. The van der Waals surface area contributed by atoms with E-state index in [0.717, 1.165) is 19.3 Å². The highest BCUT2D eigenvalue weighted by atomic mass is 16.4. The minimum Gasteiger partial charge on any atom is -0.481 e. The summed E-state index contributed by atoms with van der Waals surface area (Å²) in [4.78, 5) is 24.4. The van der Waals surface area contributed by atoms with Crippen LogP contribution in [0.3, 0.4) is 0 Å². The number of carbonyl (C=O) groups excluding carboxylic acids is 1. The lowest BCUT2D eigenvalue weighted by atomic mass is 9.79. The molecule has 0 atom stereocenters. The van der Waals surface area contributed by atoms with E-state index in [4.69, 9.17) is 5.11 Å². The van der Waals surface area contributed by atoms with Gasteiger partial charge in [0.1, 0.15) is 6.42 Å². The Morgan fingerprint density at radius 2 is 1.59 bits per heavy atom. The number of Topliss-reactive ketones (excluding diaryl/α,β-unsaturated/α-hetero) is 1. The number of ketones is 1. The standard InChI is InChI=1S/C13H23NO3/c1-12(2)6-5-7-13(3,4)14(12)9-10(15)8-11(16)17/h5-9H2,1-4H3,(H,16,17). The van der Waals surface area contributed by atoms with Crippen LogP contribution in [0.4, 0.5) is 0 Å². The van der Waals surface area contributed by atoms with Gasteiger partial charge in [0.2, 0.25) is 0 Å². The van der Waals surface area contributed by atoms with Gasteiger partial charge in [0.15, 0.2) is 5.78 Å². The van der Waals surface area contributed by atoms with Crippen LogP contribution in [0.25, 0.3) is 0 Å². The second-order valence-corrected chi connectivity index (χ2v) is 6.17. The van der Waals surface area contributed by atoms with Crippen LogP contribution >= 0.6 is 0 Å². The summed E-state index contributed by atoms with van der Waals surface area (Å²) < 4.78 is 0. The molecule has 1 aliphatic heterocycles. The molecule has 0 radical (unpaired) electrons. The van der Waals surface area contributed by atoms with Gasteiger partial charge in [-0.05, 0) is 47.0 Å². The number of nitrogens with zero attached hydrogens (tertiary/aromatic N) is 1. The summed E-state index contributed by atoms with van der Waals surface area (Å²) in [6.07, 6.45) is 2.89. The summed E-state index contributed by atoms with van der Waals surface area (Å²) in [6.45, 7) is 8.75. The lowest BCUT2D eigenvalue weighted by Crippen LogP contribution is -2.59. The number of rotatable bonds is 4. The number of hydrogen-bond donors (Lipinski definition) is 1. The maximum Gasteiger partial charge on any atom is 0.310 e. The number of likely N-dealkylation sites (tertiary alicyclic amines) is 1. The minimum atomic E-state index is -1.04. The van der Waals surface area contributed by atoms with E-state index < -0.39 is 5.97 Å². The van der Waals surface area contributed by atoms with Gasteiger partial charge in [0.05, 0.1) is 6.54 Å². The average molecular weight is 241 g/mol. The van der Waals surface area contributed by atoms with E-state index in [1.165, 1.54) is 0 Å². The Morgan fingerprint density at radius 1 is 1.12 bits per heavy atom. The Balaban J connectivity index is 2.77. The first-order valence-corrected chi connectivity index (χ1v) is 6.16. The number of carboxylic acids is 1. The van der Waals surface area contributed by atoms with Crippen molar-refractivity contribution >= 4 is 11.8 Å². The van der Waals surface area contributed by atoms with E-state index in [0.29, 0.717) is 0 Å². The van der Waals surface area contributed by atoms with E-state index in [2.05, 4.69) is 32.6 Å². The molecule has 0 aromatic carbocycles. The van der Waals surface area contributed by atoms with Gasteiger partial charge in [-0.15, -0.1) is 0 Å². The number of carboxylic acid groups (broad SMARTS) is 1. The van der Waals surface area contributed by atoms with Crippen LogP contribution in [0.5, 0.6) is 0 Å². The van der Waals surface area contributed by atoms with E-state index in [1.807, 2.05) is 0 Å². The molecule has 4 heteroatoms. The summed E-state index contributed by atoms with van der Waals surface area (Å²) in [5.74, 6) is -1.25. The molecular weight excluding hydrogens is 218 g/mol. The van der Waals surface area contributed by atoms with Crippen LogP contribution in [0.15, 0.2) is 0 Å². The zero-order valence-electron chi connectivity index (χ0n) is 11.2. The zero-order valence-corrected chi connectivity index (χ0v) is 11.2. The second kappa shape index (κ2) is 4.77. The Kier molecular flexibility index (Phi) is 3.97. The van der Waals surface area contributed by atoms with E-state index in [-0.39, 0.29) is 29.8 Å². The van der Waals surface area contributed by atoms with Crippen molar-refractivity contribution in [2.75, 3.05) is 6.54 Å². The Labute approximate surface area is 103 Å². The quantitative estimate of drug-likeness (QED) is 0.765. The van der Waals surface area contributed by atoms with Crippen molar-refractivity contribution in [1.82, 2.24) is 4.90 Å². The topological polar surface area (TPSA) is 57.6 Å². The molecule has 0 amide bonds. The molecule has 0 bridgehead atoms.